The number of hydrogen-bond donors (Lipinski definition) is 0. The van der Waals surface area contributed by atoms with Gasteiger partial charge >= 0.3 is 37.9 Å². The maximum absolute atomic E-state index is 16.6. The predicted octanol–water partition coefficient (Wildman–Crippen LogP) is 22.2. The van der Waals surface area contributed by atoms with E-state index in [4.69, 9.17) is 63.1 Å². The molecule has 676 valence electrons. The van der Waals surface area contributed by atoms with Gasteiger partial charge in [-0.05, 0) is 214 Å². The lowest BCUT2D eigenvalue weighted by atomic mass is 9.94. The van der Waals surface area contributed by atoms with Crippen molar-refractivity contribution < 1.29 is 109 Å². The highest BCUT2D eigenvalue weighted by atomic mass is 32.5. The highest BCUT2D eigenvalue weighted by Gasteiger charge is 2.73. The second-order valence-electron chi connectivity index (χ2n) is 29.6. The van der Waals surface area contributed by atoms with E-state index in [1.807, 2.05) is 0 Å². The summed E-state index contributed by atoms with van der Waals surface area (Å²) in [4.78, 5) is 16.5. The Hall–Kier alpha value is -18.6. The molecular formula is C94H26F26N16S2. The van der Waals surface area contributed by atoms with Gasteiger partial charge in [0, 0.05) is 57.7 Å². The summed E-state index contributed by atoms with van der Waals surface area (Å²) in [5, 5.41) is 70.1. The van der Waals surface area contributed by atoms with E-state index in [1.54, 1.807) is 36.4 Å². The molecule has 0 amide bonds. The van der Waals surface area contributed by atoms with Crippen LogP contribution in [-0.4, -0.2) is 0 Å². The Balaban J connectivity index is 0.000000176. The second kappa shape index (κ2) is 33.3. The molecule has 6 aliphatic rings. The fourth-order valence-electron chi connectivity index (χ4n) is 16.9. The van der Waals surface area contributed by atoms with Gasteiger partial charge in [0.05, 0.1) is 29.9 Å². The van der Waals surface area contributed by atoms with E-state index in [2.05, 4.69) is 38.8 Å². The lowest BCUT2D eigenvalue weighted by molar-refractivity contribution is 0.352. The molecule has 0 spiro atoms. The molecule has 0 radical (unpaired) electrons. The molecule has 0 saturated carbocycles. The summed E-state index contributed by atoms with van der Waals surface area (Å²) in [7, 11) is -23.5. The van der Waals surface area contributed by atoms with Crippen molar-refractivity contribution in [2.75, 3.05) is 0 Å². The Bertz CT molecular complexity index is 8140. The molecule has 0 unspecified atom stereocenters. The van der Waals surface area contributed by atoms with Crippen LogP contribution in [-0.2, 0) is 38.5 Å². The lowest BCUT2D eigenvalue weighted by Gasteiger charge is -2.45. The van der Waals surface area contributed by atoms with Gasteiger partial charge in [0.15, 0.2) is 34.9 Å². The fraction of sp³-hybridized carbons (Fsp3) is 0.0638. The van der Waals surface area contributed by atoms with Gasteiger partial charge in [-0.15, -0.1) is 0 Å². The number of halogens is 26. The van der Waals surface area contributed by atoms with Crippen LogP contribution in [0.2, 0.25) is 0 Å². The number of nitrogens with zero attached hydrogens (tertiary/aromatic N) is 16. The van der Waals surface area contributed by atoms with Crippen molar-refractivity contribution in [2.24, 2.45) is 0 Å². The third kappa shape index (κ3) is 16.2. The fourth-order valence-corrected chi connectivity index (χ4v) is 19.4. The molecule has 6 aliphatic carbocycles. The first kappa shape index (κ1) is 96.9. The number of rotatable bonds is 8. The largest absolute Gasteiger partial charge is 0.523 e. The molecule has 15 rings (SSSR count). The molecule has 0 atom stereocenters. The number of fused-ring (bicyclic) bond motifs is 6. The van der Waals surface area contributed by atoms with Gasteiger partial charge in [0.2, 0.25) is 0 Å². The standard InChI is InChI=1S/C32H8F6N6.C32H10F4N6.C30H8F16N4S2/c1-42-31-23(35)6-14(7-24(31)36)26-19(32(43-2)44-3)9-18-28(26)29(37)17-8-16(15(10-39)11-40)25(27(17)30(18)38)13-4-21(33)20(12-41)22(34)5-13;1-40-31-27(35)10-18(11-28(31)36)30-21-4-15-6-22(19(12-37)13-38)29(17-8-25(33)24(14-39)26(34)9-17)20(15)5-16(21)7-23(30)32(41-2)42-3;1-49-30(50-2)17-8-16-25(23(17)12-5-20(33)27(36)21(34)6-12)28(51(37,38,39,40)41)15-7-14(13(9-47)10-48)22(11-3-18(31)26(35)19(32)4-11)24(15)29(16)52(42,43,44,45)46/h4-7H,8-9H2;4-5,8-11H,6-7H2;3-6H,7-8H2. The van der Waals surface area contributed by atoms with Crippen molar-refractivity contribution in [1.82, 2.24) is 0 Å². The van der Waals surface area contributed by atoms with Crippen LogP contribution >= 0.6 is 20.4 Å². The Morgan fingerprint density at radius 2 is 0.471 bits per heavy atom. The molecular weight excluding hydrogens is 1910 g/mol. The van der Waals surface area contributed by atoms with E-state index in [0.717, 1.165) is 36.4 Å². The van der Waals surface area contributed by atoms with Crippen LogP contribution in [0.15, 0.2) is 162 Å². The van der Waals surface area contributed by atoms with Gasteiger partial charge in [-0.3, -0.25) is 0 Å². The van der Waals surface area contributed by atoms with Gasteiger partial charge in [0.25, 0.3) is 11.4 Å². The number of allylic oxidation sites excluding steroid dienone is 9. The van der Waals surface area contributed by atoms with Gasteiger partial charge in [-0.25, -0.2) is 79.9 Å². The normalized spacial score (nSPS) is 14.2. The van der Waals surface area contributed by atoms with Crippen molar-refractivity contribution in [2.45, 2.75) is 48.3 Å². The average Bonchev–Trinajstić information content (AvgIpc) is 1.44. The minimum absolute atomic E-state index is 0.000149. The smallest absolute Gasteiger partial charge is 0.232 e. The SMILES string of the molecule is [C-]#[N+]C([N+]#[C-])=C1Cc2c(F)c3c(c(F)c2=C1c1cc(F)c([N+]#[C-])c(F)c1)CC(=C(C#N)C#N)C=3c1cc(F)c(C#N)c(F)c1.[C-]#[N+]C([N+]#[C-])=C1Cc2c(S(F)(F)(F)(F)F)c3c(c(S(F)(F)(F)(F)F)c2=C1c1cc(F)c(F)c(F)c1)CC(=C(C#N)C#N)C=3c1cc(F)c(F)c(F)c1.[C-]#[N+]C([N+]#[C-])=C1Cc2cc3c(cc2=C1c1cc(F)c([N+]#[C-])c(F)c1)CC(=C(C#N)C#N)C=3c1cc(F)c(C#N)c(F)c1. The van der Waals surface area contributed by atoms with Crippen molar-refractivity contribution in [1.29, 1.82) is 42.1 Å². The van der Waals surface area contributed by atoms with Crippen LogP contribution in [0.5, 0.6) is 0 Å². The van der Waals surface area contributed by atoms with E-state index >= 15 is 47.6 Å². The first-order valence-electron chi connectivity index (χ1n) is 37.2. The third-order valence-electron chi connectivity index (χ3n) is 22.1. The second-order valence-corrected chi connectivity index (χ2v) is 34.3. The molecule has 0 saturated heterocycles. The van der Waals surface area contributed by atoms with Crippen molar-refractivity contribution in [3.8, 4) is 48.6 Å². The van der Waals surface area contributed by atoms with Crippen LogP contribution in [0.3, 0.4) is 0 Å². The topological polar surface area (TPSA) is 225 Å². The summed E-state index contributed by atoms with van der Waals surface area (Å²) in [6, 6.07) is 20.3. The highest BCUT2D eigenvalue weighted by Crippen LogP contribution is 3.04. The molecule has 0 bridgehead atoms. The van der Waals surface area contributed by atoms with Crippen molar-refractivity contribution in [3.05, 3.63) is 446 Å². The van der Waals surface area contributed by atoms with E-state index in [-0.39, 0.29) is 98.6 Å². The molecule has 0 aliphatic heterocycles. The first-order chi connectivity index (χ1) is 64.6. The molecule has 16 nitrogen and oxygen atoms in total. The van der Waals surface area contributed by atoms with E-state index in [9.17, 15) is 93.0 Å². The van der Waals surface area contributed by atoms with Crippen molar-refractivity contribution >= 4 is 65.3 Å². The average molecular weight is 1940 g/mol. The monoisotopic (exact) mass is 1940 g/mol. The molecule has 0 aromatic heterocycles. The minimum atomic E-state index is -11.8. The van der Waals surface area contributed by atoms with Crippen molar-refractivity contribution in [3.63, 3.8) is 0 Å². The summed E-state index contributed by atoms with van der Waals surface area (Å²) < 4.78 is 389. The predicted molar refractivity (Wildman–Crippen MR) is 433 cm³/mol. The Labute approximate surface area is 755 Å². The molecule has 0 N–H and O–H groups in total. The van der Waals surface area contributed by atoms with Crippen LogP contribution < -0.4 is 31.3 Å². The molecule has 0 fully saturated rings. The maximum atomic E-state index is 16.6. The van der Waals surface area contributed by atoms with Crippen LogP contribution in [0, 0.1) is 236 Å². The van der Waals surface area contributed by atoms with Crippen LogP contribution in [0.25, 0.3) is 72.2 Å². The van der Waals surface area contributed by atoms with Crippen LogP contribution in [0.4, 0.5) is 120 Å². The van der Waals surface area contributed by atoms with Crippen LogP contribution in [0.1, 0.15) is 77.9 Å². The summed E-state index contributed by atoms with van der Waals surface area (Å²) in [5.74, 6) is -28.7. The number of hydrogen-bond acceptors (Lipinski definition) is 8. The van der Waals surface area contributed by atoms with E-state index in [1.165, 1.54) is 12.1 Å². The Morgan fingerprint density at radius 1 is 0.254 bits per heavy atom. The summed E-state index contributed by atoms with van der Waals surface area (Å²) in [5.41, 5.74) is -22.0. The summed E-state index contributed by atoms with van der Waals surface area (Å²) >= 11 is 0. The number of benzene rings is 9. The molecule has 9 aromatic carbocycles. The zero-order valence-electron chi connectivity index (χ0n) is 67.1. The maximum Gasteiger partial charge on any atom is 0.523 e. The zero-order valence-corrected chi connectivity index (χ0v) is 68.8. The van der Waals surface area contributed by atoms with Gasteiger partial charge in [-0.1, -0.05) is 38.9 Å². The quantitative estimate of drug-likeness (QED) is 0.0614. The van der Waals surface area contributed by atoms with Gasteiger partial charge in [-0.2, -0.15) is 71.2 Å². The lowest BCUT2D eigenvalue weighted by Crippen LogP contribution is -2.34. The number of nitriles is 8. The zero-order chi connectivity index (χ0) is 102. The summed E-state index contributed by atoms with van der Waals surface area (Å²) in [6.07, 6.45) is -5.47. The van der Waals surface area contributed by atoms with E-state index < -0.39 is 288 Å². The molecule has 9 aromatic rings. The summed E-state index contributed by atoms with van der Waals surface area (Å²) in [6.45, 7) is 58.2. The van der Waals surface area contributed by atoms with Gasteiger partial charge in [0.1, 0.15) is 184 Å². The molecule has 138 heavy (non-hydrogen) atoms. The van der Waals surface area contributed by atoms with Gasteiger partial charge < -0.3 is 0 Å². The third-order valence-corrected chi connectivity index (χ3v) is 24.5. The molecule has 0 heterocycles. The molecule has 44 heteroatoms. The first-order valence-corrected chi connectivity index (χ1v) is 41.1. The minimum Gasteiger partial charge on any atom is -0.232 e. The Kier molecular flexibility index (Phi) is 23.4. The Morgan fingerprint density at radius 3 is 0.746 bits per heavy atom. The highest BCUT2D eigenvalue weighted by molar-refractivity contribution is 8.46. The van der Waals surface area contributed by atoms with E-state index in [0.29, 0.717) is 45.8 Å².